The number of fused-ring (bicyclic) bond motifs is 1. The molecule has 0 atom stereocenters. The molecule has 2 heterocycles. The van der Waals surface area contributed by atoms with Crippen molar-refractivity contribution in [1.29, 1.82) is 0 Å². The highest BCUT2D eigenvalue weighted by Crippen LogP contribution is 2.41. The van der Waals surface area contributed by atoms with Crippen molar-refractivity contribution >= 4 is 50.8 Å². The SMILES string of the molecule is COC(=O)c1ccccc1-c1cc(O)c(Cl)cc1N=Nc1snc2ncccc12. The minimum absolute atomic E-state index is 0.120. The molecule has 2 aromatic carbocycles. The van der Waals surface area contributed by atoms with E-state index in [2.05, 4.69) is 19.6 Å². The lowest BCUT2D eigenvalue weighted by atomic mass is 9.98. The van der Waals surface area contributed by atoms with Crippen LogP contribution >= 0.6 is 23.1 Å². The van der Waals surface area contributed by atoms with Gasteiger partial charge in [0.25, 0.3) is 0 Å². The predicted molar refractivity (Wildman–Crippen MR) is 111 cm³/mol. The normalized spacial score (nSPS) is 11.2. The number of carbonyl (C=O) groups excluding carboxylic acids is 1. The molecule has 1 N–H and O–H groups in total. The quantitative estimate of drug-likeness (QED) is 0.324. The van der Waals surface area contributed by atoms with E-state index in [0.717, 1.165) is 5.39 Å². The van der Waals surface area contributed by atoms with Gasteiger partial charge in [0, 0.05) is 11.8 Å². The summed E-state index contributed by atoms with van der Waals surface area (Å²) in [7, 11) is 1.31. The summed E-state index contributed by atoms with van der Waals surface area (Å²) in [5.74, 6) is -0.634. The fourth-order valence-electron chi connectivity index (χ4n) is 2.80. The molecule has 0 saturated heterocycles. The third-order valence-electron chi connectivity index (χ3n) is 4.17. The van der Waals surface area contributed by atoms with Crippen LogP contribution in [0.4, 0.5) is 10.7 Å². The molecular weight excluding hydrogens is 412 g/mol. The summed E-state index contributed by atoms with van der Waals surface area (Å²) in [4.78, 5) is 16.4. The molecule has 0 aliphatic heterocycles. The Labute approximate surface area is 174 Å². The van der Waals surface area contributed by atoms with Crippen LogP contribution in [0.3, 0.4) is 0 Å². The van der Waals surface area contributed by atoms with Gasteiger partial charge in [-0.3, -0.25) is 0 Å². The van der Waals surface area contributed by atoms with E-state index >= 15 is 0 Å². The van der Waals surface area contributed by atoms with Gasteiger partial charge in [-0.05, 0) is 47.4 Å². The van der Waals surface area contributed by atoms with E-state index < -0.39 is 5.97 Å². The van der Waals surface area contributed by atoms with E-state index in [1.807, 2.05) is 6.07 Å². The number of ether oxygens (including phenoxy) is 1. The Morgan fingerprint density at radius 3 is 2.79 bits per heavy atom. The van der Waals surface area contributed by atoms with Crippen molar-refractivity contribution in [2.45, 2.75) is 0 Å². The molecule has 0 saturated carbocycles. The summed E-state index contributed by atoms with van der Waals surface area (Å²) in [6.07, 6.45) is 1.66. The van der Waals surface area contributed by atoms with Crippen molar-refractivity contribution in [2.75, 3.05) is 7.11 Å². The van der Waals surface area contributed by atoms with Crippen molar-refractivity contribution in [3.05, 3.63) is 65.3 Å². The minimum atomic E-state index is -0.502. The predicted octanol–water partition coefficient (Wildman–Crippen LogP) is 5.92. The van der Waals surface area contributed by atoms with Crippen LogP contribution in [0.25, 0.3) is 22.2 Å². The van der Waals surface area contributed by atoms with Crippen molar-refractivity contribution in [3.8, 4) is 16.9 Å². The third kappa shape index (κ3) is 3.67. The zero-order valence-corrected chi connectivity index (χ0v) is 16.6. The van der Waals surface area contributed by atoms with Crippen molar-refractivity contribution in [2.24, 2.45) is 10.2 Å². The zero-order chi connectivity index (χ0) is 20.4. The van der Waals surface area contributed by atoms with Crippen LogP contribution < -0.4 is 0 Å². The van der Waals surface area contributed by atoms with Crippen LogP contribution in [-0.4, -0.2) is 27.5 Å². The summed E-state index contributed by atoms with van der Waals surface area (Å²) in [5.41, 5.74) is 2.33. The molecule has 0 amide bonds. The number of halogens is 1. The number of azo groups is 1. The van der Waals surface area contributed by atoms with Gasteiger partial charge in [0.15, 0.2) is 10.6 Å². The van der Waals surface area contributed by atoms with Crippen LogP contribution in [0.1, 0.15) is 10.4 Å². The molecule has 0 aliphatic rings. The van der Waals surface area contributed by atoms with Crippen molar-refractivity contribution in [1.82, 2.24) is 9.36 Å². The molecule has 0 aliphatic carbocycles. The molecule has 2 aromatic heterocycles. The fourth-order valence-corrected chi connectivity index (χ4v) is 3.61. The average molecular weight is 425 g/mol. The van der Waals surface area contributed by atoms with E-state index in [0.29, 0.717) is 33.0 Å². The Kier molecular flexibility index (Phi) is 5.20. The number of esters is 1. The number of pyridine rings is 1. The van der Waals surface area contributed by atoms with Crippen LogP contribution in [0.15, 0.2) is 65.0 Å². The maximum absolute atomic E-state index is 12.2. The summed E-state index contributed by atoms with van der Waals surface area (Å²) in [6.45, 7) is 0. The van der Waals surface area contributed by atoms with Gasteiger partial charge in [-0.25, -0.2) is 9.78 Å². The lowest BCUT2D eigenvalue weighted by molar-refractivity contribution is 0.0601. The van der Waals surface area contributed by atoms with Gasteiger partial charge in [0.1, 0.15) is 5.75 Å². The third-order valence-corrected chi connectivity index (χ3v) is 5.21. The molecule has 0 radical (unpaired) electrons. The lowest BCUT2D eigenvalue weighted by Crippen LogP contribution is -2.03. The van der Waals surface area contributed by atoms with E-state index in [-0.39, 0.29) is 10.8 Å². The second kappa shape index (κ2) is 7.94. The highest BCUT2D eigenvalue weighted by Gasteiger charge is 2.17. The van der Waals surface area contributed by atoms with Gasteiger partial charge < -0.3 is 9.84 Å². The van der Waals surface area contributed by atoms with Gasteiger partial charge in [0.05, 0.1) is 28.8 Å². The molecule has 9 heteroatoms. The number of phenols is 1. The Bertz CT molecular complexity index is 1260. The van der Waals surface area contributed by atoms with Crippen LogP contribution in [0, 0.1) is 0 Å². The minimum Gasteiger partial charge on any atom is -0.506 e. The highest BCUT2D eigenvalue weighted by atomic mass is 35.5. The number of carbonyl (C=O) groups is 1. The number of rotatable bonds is 4. The van der Waals surface area contributed by atoms with Crippen molar-refractivity contribution in [3.63, 3.8) is 0 Å². The van der Waals surface area contributed by atoms with Gasteiger partial charge in [-0.1, -0.05) is 29.8 Å². The standard InChI is InChI=1S/C20H13ClN4O3S/c1-28-20(27)12-6-3-2-5-11(12)14-9-17(26)15(21)10-16(14)23-24-19-13-7-4-8-22-18(13)25-29-19/h2-10,26H,1H3. The molecule has 0 spiro atoms. The summed E-state index contributed by atoms with van der Waals surface area (Å²) < 4.78 is 9.11. The van der Waals surface area contributed by atoms with Crippen LogP contribution in [0.5, 0.6) is 5.75 Å². The van der Waals surface area contributed by atoms with Gasteiger partial charge >= 0.3 is 5.97 Å². The maximum Gasteiger partial charge on any atom is 0.338 e. The summed E-state index contributed by atoms with van der Waals surface area (Å²) in [5, 5.41) is 20.2. The van der Waals surface area contributed by atoms with Gasteiger partial charge in [0.2, 0.25) is 0 Å². The molecule has 0 unspecified atom stereocenters. The Balaban J connectivity index is 1.85. The largest absolute Gasteiger partial charge is 0.506 e. The van der Waals surface area contributed by atoms with E-state index in [1.54, 1.807) is 36.5 Å². The number of nitrogens with zero attached hydrogens (tertiary/aromatic N) is 4. The number of hydrogen-bond acceptors (Lipinski definition) is 8. The number of methoxy groups -OCH3 is 1. The van der Waals surface area contributed by atoms with Crippen LogP contribution in [-0.2, 0) is 4.74 Å². The van der Waals surface area contributed by atoms with E-state index in [4.69, 9.17) is 16.3 Å². The molecule has 4 aromatic rings. The second-order valence-electron chi connectivity index (χ2n) is 5.92. The Morgan fingerprint density at radius 1 is 1.14 bits per heavy atom. The first-order valence-electron chi connectivity index (χ1n) is 8.41. The van der Waals surface area contributed by atoms with Crippen LogP contribution in [0.2, 0.25) is 5.02 Å². The first-order chi connectivity index (χ1) is 14.1. The molecule has 0 bridgehead atoms. The Hall–Kier alpha value is -3.36. The smallest absolute Gasteiger partial charge is 0.338 e. The van der Waals surface area contributed by atoms with Crippen molar-refractivity contribution < 1.29 is 14.6 Å². The van der Waals surface area contributed by atoms with Gasteiger partial charge in [-0.2, -0.15) is 4.37 Å². The summed E-state index contributed by atoms with van der Waals surface area (Å²) in [6, 6.07) is 13.5. The second-order valence-corrected chi connectivity index (χ2v) is 7.08. The topological polar surface area (TPSA) is 97.0 Å². The van der Waals surface area contributed by atoms with E-state index in [9.17, 15) is 9.90 Å². The average Bonchev–Trinajstić information content (AvgIpc) is 3.17. The highest BCUT2D eigenvalue weighted by molar-refractivity contribution is 7.11. The lowest BCUT2D eigenvalue weighted by Gasteiger charge is -2.11. The van der Waals surface area contributed by atoms with Gasteiger partial charge in [-0.15, -0.1) is 10.2 Å². The summed E-state index contributed by atoms with van der Waals surface area (Å²) >= 11 is 7.27. The molecule has 0 fully saturated rings. The molecule has 144 valence electrons. The Morgan fingerprint density at radius 2 is 1.97 bits per heavy atom. The maximum atomic E-state index is 12.2. The number of aromatic nitrogens is 2. The monoisotopic (exact) mass is 424 g/mol. The molecule has 4 rings (SSSR count). The number of phenolic OH excluding ortho intramolecular Hbond substituents is 1. The zero-order valence-electron chi connectivity index (χ0n) is 15.0. The first kappa shape index (κ1) is 19.0. The fraction of sp³-hybridized carbons (Fsp3) is 0.0500. The first-order valence-corrected chi connectivity index (χ1v) is 9.56. The molecular formula is C20H13ClN4O3S. The number of aromatic hydroxyl groups is 1. The number of benzene rings is 2. The van der Waals surface area contributed by atoms with E-state index in [1.165, 1.54) is 30.8 Å². The number of hydrogen-bond donors (Lipinski definition) is 1. The molecule has 7 nitrogen and oxygen atoms in total. The molecule has 29 heavy (non-hydrogen) atoms.